The van der Waals surface area contributed by atoms with Gasteiger partial charge in [0.1, 0.15) is 11.8 Å². The molecule has 0 radical (unpaired) electrons. The first-order chi connectivity index (χ1) is 16.8. The lowest BCUT2D eigenvalue weighted by Crippen LogP contribution is -2.29. The molecular formula is C26H20Cl2N2O5. The fourth-order valence-corrected chi connectivity index (χ4v) is 4.14. The van der Waals surface area contributed by atoms with E-state index in [0.717, 1.165) is 0 Å². The first-order valence-corrected chi connectivity index (χ1v) is 11.5. The Bertz CT molecular complexity index is 1320. The smallest absolute Gasteiger partial charge is 0.338 e. The second kappa shape index (κ2) is 10.3. The number of aliphatic hydroxyl groups is 1. The summed E-state index contributed by atoms with van der Waals surface area (Å²) in [5.41, 5.74) is 1.61. The minimum absolute atomic E-state index is 0.0487. The fraction of sp³-hybridized carbons (Fsp3) is 0.154. The van der Waals surface area contributed by atoms with E-state index in [4.69, 9.17) is 27.9 Å². The van der Waals surface area contributed by atoms with Gasteiger partial charge in [0, 0.05) is 18.3 Å². The van der Waals surface area contributed by atoms with Crippen LogP contribution in [-0.2, 0) is 20.9 Å². The molecule has 0 aliphatic carbocycles. The number of benzene rings is 2. The van der Waals surface area contributed by atoms with Gasteiger partial charge in [-0.25, -0.2) is 4.79 Å². The highest BCUT2D eigenvalue weighted by Crippen LogP contribution is 2.40. The number of carbonyl (C=O) groups is 3. The summed E-state index contributed by atoms with van der Waals surface area (Å²) >= 11 is 12.1. The highest BCUT2D eigenvalue weighted by molar-refractivity contribution is 6.46. The highest BCUT2D eigenvalue weighted by atomic mass is 35.5. The van der Waals surface area contributed by atoms with Crippen LogP contribution in [0.25, 0.3) is 5.76 Å². The quantitative estimate of drug-likeness (QED) is 0.212. The van der Waals surface area contributed by atoms with E-state index < -0.39 is 23.7 Å². The number of Topliss-reactive ketones (excluding diaryl/α,β-unsaturated/α-hetero) is 1. The summed E-state index contributed by atoms with van der Waals surface area (Å²) in [6.07, 6.45) is 1.54. The van der Waals surface area contributed by atoms with Crippen molar-refractivity contribution in [3.8, 4) is 0 Å². The summed E-state index contributed by atoms with van der Waals surface area (Å²) in [6.45, 7) is 2.03. The molecule has 0 saturated carbocycles. The molecular weight excluding hydrogens is 491 g/mol. The standard InChI is InChI=1S/C26H20Cl2N2O5/c1-2-35-26(34)16-8-6-15(7-9-16)14-30-22(20-5-3-4-12-29-20)21(24(32)25(30)33)23(31)17-10-11-18(27)19(28)13-17/h3-13,22,31H,2,14H2,1H3/b23-21-. The van der Waals surface area contributed by atoms with Gasteiger partial charge in [0.05, 0.1) is 33.5 Å². The Labute approximate surface area is 211 Å². The number of carbonyl (C=O) groups excluding carboxylic acids is 3. The normalized spacial score (nSPS) is 17.0. The highest BCUT2D eigenvalue weighted by Gasteiger charge is 2.46. The van der Waals surface area contributed by atoms with Crippen molar-refractivity contribution in [2.75, 3.05) is 6.61 Å². The number of ketones is 1. The van der Waals surface area contributed by atoms with Crippen molar-refractivity contribution in [1.82, 2.24) is 9.88 Å². The fourth-order valence-electron chi connectivity index (χ4n) is 3.84. The van der Waals surface area contributed by atoms with Crippen LogP contribution in [0.2, 0.25) is 10.0 Å². The van der Waals surface area contributed by atoms with E-state index in [1.165, 1.54) is 23.1 Å². The van der Waals surface area contributed by atoms with Crippen LogP contribution in [0.3, 0.4) is 0 Å². The molecule has 1 saturated heterocycles. The number of ether oxygens (including phenoxy) is 1. The Morgan fingerprint density at radius 3 is 2.37 bits per heavy atom. The van der Waals surface area contributed by atoms with Gasteiger partial charge in [-0.3, -0.25) is 14.6 Å². The Morgan fingerprint density at radius 2 is 1.74 bits per heavy atom. The van der Waals surface area contributed by atoms with Gasteiger partial charge < -0.3 is 14.7 Å². The van der Waals surface area contributed by atoms with Crippen LogP contribution >= 0.6 is 23.2 Å². The molecule has 0 spiro atoms. The molecule has 4 rings (SSSR count). The van der Waals surface area contributed by atoms with Crippen LogP contribution < -0.4 is 0 Å². The van der Waals surface area contributed by atoms with Gasteiger partial charge in [-0.15, -0.1) is 0 Å². The van der Waals surface area contributed by atoms with Crippen LogP contribution in [0.15, 0.2) is 72.4 Å². The summed E-state index contributed by atoms with van der Waals surface area (Å²) in [5, 5.41) is 11.6. The van der Waals surface area contributed by atoms with Crippen LogP contribution in [0.4, 0.5) is 0 Å². The number of pyridine rings is 1. The molecule has 1 unspecified atom stereocenters. The average Bonchev–Trinajstić information content (AvgIpc) is 3.11. The topological polar surface area (TPSA) is 96.8 Å². The van der Waals surface area contributed by atoms with Gasteiger partial charge in [-0.05, 0) is 55.0 Å². The van der Waals surface area contributed by atoms with Crippen LogP contribution in [0.5, 0.6) is 0 Å². The number of nitrogens with zero attached hydrogens (tertiary/aromatic N) is 2. The molecule has 1 aliphatic rings. The summed E-state index contributed by atoms with van der Waals surface area (Å²) in [7, 11) is 0. The van der Waals surface area contributed by atoms with Crippen molar-refractivity contribution in [2.24, 2.45) is 0 Å². The Kier molecular flexibility index (Phi) is 7.19. The Morgan fingerprint density at radius 1 is 1.03 bits per heavy atom. The van der Waals surface area contributed by atoms with Gasteiger partial charge in [0.2, 0.25) is 0 Å². The maximum absolute atomic E-state index is 13.1. The molecule has 1 atom stereocenters. The lowest BCUT2D eigenvalue weighted by Gasteiger charge is -2.24. The monoisotopic (exact) mass is 510 g/mol. The number of aliphatic hydroxyl groups excluding tert-OH is 1. The van der Waals surface area contributed by atoms with Gasteiger partial charge in [-0.1, -0.05) is 41.4 Å². The second-order valence-corrected chi connectivity index (χ2v) is 8.54. The number of amides is 1. The molecule has 0 bridgehead atoms. The SMILES string of the molecule is CCOC(=O)c1ccc(CN2C(=O)C(=O)/C(=C(\O)c3ccc(Cl)c(Cl)c3)C2c2ccccn2)cc1. The van der Waals surface area contributed by atoms with Gasteiger partial charge in [-0.2, -0.15) is 0 Å². The average molecular weight is 511 g/mol. The van der Waals surface area contributed by atoms with Crippen molar-refractivity contribution < 1.29 is 24.2 Å². The molecule has 1 amide bonds. The van der Waals surface area contributed by atoms with Crippen molar-refractivity contribution in [3.05, 3.63) is 105 Å². The van der Waals surface area contributed by atoms with E-state index in [2.05, 4.69) is 4.98 Å². The minimum Gasteiger partial charge on any atom is -0.507 e. The van der Waals surface area contributed by atoms with Crippen LogP contribution in [-0.4, -0.2) is 39.3 Å². The number of hydrogen-bond donors (Lipinski definition) is 1. The molecule has 1 aliphatic heterocycles. The molecule has 1 N–H and O–H groups in total. The zero-order valence-corrected chi connectivity index (χ0v) is 20.1. The number of esters is 1. The molecule has 35 heavy (non-hydrogen) atoms. The number of hydrogen-bond acceptors (Lipinski definition) is 6. The van der Waals surface area contributed by atoms with Crippen molar-refractivity contribution >= 4 is 46.6 Å². The number of likely N-dealkylation sites (tertiary alicyclic amines) is 1. The first-order valence-electron chi connectivity index (χ1n) is 10.7. The van der Waals surface area contributed by atoms with Crippen LogP contribution in [0, 0.1) is 0 Å². The lowest BCUT2D eigenvalue weighted by atomic mass is 9.98. The van der Waals surface area contributed by atoms with Crippen LogP contribution in [0.1, 0.15) is 40.1 Å². The first kappa shape index (κ1) is 24.4. The Hall–Kier alpha value is -3.68. The number of aromatic nitrogens is 1. The maximum atomic E-state index is 13.1. The predicted octanol–water partition coefficient (Wildman–Crippen LogP) is 5.19. The van der Waals surface area contributed by atoms with E-state index in [0.29, 0.717) is 16.8 Å². The van der Waals surface area contributed by atoms with E-state index in [1.807, 2.05) is 0 Å². The molecule has 7 nitrogen and oxygen atoms in total. The van der Waals surface area contributed by atoms with E-state index >= 15 is 0 Å². The molecule has 178 valence electrons. The van der Waals surface area contributed by atoms with E-state index in [9.17, 15) is 19.5 Å². The lowest BCUT2D eigenvalue weighted by molar-refractivity contribution is -0.140. The number of halogens is 2. The third kappa shape index (κ3) is 4.92. The number of rotatable bonds is 6. The van der Waals surface area contributed by atoms with Gasteiger partial charge in [0.15, 0.2) is 0 Å². The summed E-state index contributed by atoms with van der Waals surface area (Å²) in [4.78, 5) is 43.8. The van der Waals surface area contributed by atoms with Crippen molar-refractivity contribution in [2.45, 2.75) is 19.5 Å². The molecule has 1 aromatic heterocycles. The minimum atomic E-state index is -0.935. The van der Waals surface area contributed by atoms with Crippen molar-refractivity contribution in [3.63, 3.8) is 0 Å². The zero-order chi connectivity index (χ0) is 25.1. The molecule has 2 heterocycles. The molecule has 3 aromatic rings. The molecule has 1 fully saturated rings. The van der Waals surface area contributed by atoms with Gasteiger partial charge in [0.25, 0.3) is 11.7 Å². The zero-order valence-electron chi connectivity index (χ0n) is 18.6. The van der Waals surface area contributed by atoms with Gasteiger partial charge >= 0.3 is 5.97 Å². The third-order valence-corrected chi connectivity index (χ3v) is 6.26. The third-order valence-electron chi connectivity index (χ3n) is 5.52. The second-order valence-electron chi connectivity index (χ2n) is 7.73. The van der Waals surface area contributed by atoms with E-state index in [1.54, 1.807) is 55.6 Å². The molecule has 2 aromatic carbocycles. The Balaban J connectivity index is 1.76. The van der Waals surface area contributed by atoms with Crippen molar-refractivity contribution in [1.29, 1.82) is 0 Å². The maximum Gasteiger partial charge on any atom is 0.338 e. The molecule has 9 heteroatoms. The van der Waals surface area contributed by atoms with E-state index in [-0.39, 0.29) is 40.1 Å². The summed E-state index contributed by atoms with van der Waals surface area (Å²) < 4.78 is 5.00. The predicted molar refractivity (Wildman–Crippen MR) is 131 cm³/mol. The summed E-state index contributed by atoms with van der Waals surface area (Å²) in [5.74, 6) is -2.45. The largest absolute Gasteiger partial charge is 0.507 e. The summed E-state index contributed by atoms with van der Waals surface area (Å²) in [6, 6.07) is 15.2.